The van der Waals surface area contributed by atoms with Gasteiger partial charge in [0.2, 0.25) is 10.0 Å². The molecular weight excluding hydrogens is 286 g/mol. The average Bonchev–Trinajstić information content (AvgIpc) is 2.74. The van der Waals surface area contributed by atoms with E-state index in [-0.39, 0.29) is 22.7 Å². The lowest BCUT2D eigenvalue weighted by Gasteiger charge is -2.22. The minimum absolute atomic E-state index is 0. The minimum Gasteiger partial charge on any atom is -0.330 e. The molecule has 1 aromatic heterocycles. The van der Waals surface area contributed by atoms with Crippen LogP contribution in [0.25, 0.3) is 0 Å². The second-order valence-electron chi connectivity index (χ2n) is 5.24. The van der Waals surface area contributed by atoms with Crippen LogP contribution >= 0.6 is 12.4 Å². The normalized spacial score (nSPS) is 24.2. The van der Waals surface area contributed by atoms with E-state index in [0.29, 0.717) is 19.6 Å². The largest absolute Gasteiger partial charge is 0.330 e. The molecule has 0 spiro atoms. The lowest BCUT2D eigenvalue weighted by Crippen LogP contribution is -2.34. The Bertz CT molecular complexity index is 532. The summed E-state index contributed by atoms with van der Waals surface area (Å²) in [6, 6.07) is 3.32. The van der Waals surface area contributed by atoms with Gasteiger partial charge in [-0.05, 0) is 37.4 Å². The first-order valence-electron chi connectivity index (χ1n) is 6.00. The van der Waals surface area contributed by atoms with Crippen LogP contribution in [0.2, 0.25) is 0 Å². The van der Waals surface area contributed by atoms with Crippen LogP contribution in [-0.2, 0) is 10.0 Å². The molecule has 1 fully saturated rings. The molecule has 1 aromatic rings. The Hall–Kier alpha value is -0.690. The van der Waals surface area contributed by atoms with Crippen LogP contribution in [0.1, 0.15) is 19.0 Å². The third kappa shape index (κ3) is 3.25. The van der Waals surface area contributed by atoms with Gasteiger partial charge in [-0.15, -0.1) is 12.4 Å². The fraction of sp³-hybridized carbons (Fsp3) is 0.583. The Morgan fingerprint density at radius 1 is 1.47 bits per heavy atom. The molecule has 2 heterocycles. The number of aryl methyl sites for hydroxylation is 1. The van der Waals surface area contributed by atoms with Crippen LogP contribution in [-0.4, -0.2) is 37.3 Å². The predicted molar refractivity (Wildman–Crippen MR) is 76.8 cm³/mol. The van der Waals surface area contributed by atoms with Crippen molar-refractivity contribution in [2.24, 2.45) is 11.1 Å². The highest BCUT2D eigenvalue weighted by atomic mass is 35.5. The number of halogens is 1. The highest BCUT2D eigenvalue weighted by Crippen LogP contribution is 2.32. The zero-order valence-electron chi connectivity index (χ0n) is 11.2. The van der Waals surface area contributed by atoms with Gasteiger partial charge < -0.3 is 5.73 Å². The van der Waals surface area contributed by atoms with E-state index >= 15 is 0 Å². The molecule has 1 saturated heterocycles. The van der Waals surface area contributed by atoms with Crippen molar-refractivity contribution in [2.75, 3.05) is 19.6 Å². The zero-order valence-corrected chi connectivity index (χ0v) is 12.8. The van der Waals surface area contributed by atoms with E-state index in [4.69, 9.17) is 5.73 Å². The maximum Gasteiger partial charge on any atom is 0.244 e. The third-order valence-electron chi connectivity index (χ3n) is 3.54. The Labute approximate surface area is 120 Å². The fourth-order valence-corrected chi connectivity index (χ4v) is 3.64. The van der Waals surface area contributed by atoms with Crippen LogP contribution in [0, 0.1) is 12.3 Å². The van der Waals surface area contributed by atoms with Gasteiger partial charge >= 0.3 is 0 Å². The van der Waals surface area contributed by atoms with Crippen molar-refractivity contribution in [3.05, 3.63) is 24.0 Å². The first-order chi connectivity index (χ1) is 8.37. The summed E-state index contributed by atoms with van der Waals surface area (Å²) in [6.07, 6.45) is 2.23. The second-order valence-corrected chi connectivity index (χ2v) is 7.18. The smallest absolute Gasteiger partial charge is 0.244 e. The number of sulfonamides is 1. The molecule has 1 aliphatic rings. The molecule has 0 amide bonds. The third-order valence-corrected chi connectivity index (χ3v) is 5.37. The summed E-state index contributed by atoms with van der Waals surface area (Å²) in [7, 11) is -3.42. The number of aromatic nitrogens is 1. The molecule has 108 valence electrons. The van der Waals surface area contributed by atoms with Gasteiger partial charge in [0.25, 0.3) is 0 Å². The Morgan fingerprint density at radius 3 is 2.63 bits per heavy atom. The van der Waals surface area contributed by atoms with E-state index in [2.05, 4.69) is 4.98 Å². The molecule has 1 unspecified atom stereocenters. The standard InChI is InChI=1S/C12H19N3O2S.ClH/c1-10-3-4-11(7-14-10)18(16,17)15-6-5-12(2,8-13)9-15;/h3-4,7H,5-6,8-9,13H2,1-2H3;1H. The molecule has 0 aromatic carbocycles. The van der Waals surface area contributed by atoms with E-state index < -0.39 is 10.0 Å². The number of nitrogens with zero attached hydrogens (tertiary/aromatic N) is 2. The molecule has 0 saturated carbocycles. The Morgan fingerprint density at radius 2 is 2.16 bits per heavy atom. The van der Waals surface area contributed by atoms with Crippen LogP contribution in [0.5, 0.6) is 0 Å². The summed E-state index contributed by atoms with van der Waals surface area (Å²) in [6.45, 7) is 5.38. The molecule has 7 heteroatoms. The van der Waals surface area contributed by atoms with Gasteiger partial charge in [0.15, 0.2) is 0 Å². The van der Waals surface area contributed by atoms with Gasteiger partial charge in [0.1, 0.15) is 4.90 Å². The lowest BCUT2D eigenvalue weighted by molar-refractivity contribution is 0.349. The van der Waals surface area contributed by atoms with E-state index in [1.807, 2.05) is 13.8 Å². The minimum atomic E-state index is -3.42. The first kappa shape index (κ1) is 16.4. The van der Waals surface area contributed by atoms with Gasteiger partial charge in [0, 0.05) is 25.0 Å². The molecule has 1 atom stereocenters. The Balaban J connectivity index is 0.00000180. The van der Waals surface area contributed by atoms with Gasteiger partial charge in [-0.3, -0.25) is 4.98 Å². The fourth-order valence-electron chi connectivity index (χ4n) is 2.11. The van der Waals surface area contributed by atoms with Crippen molar-refractivity contribution in [1.29, 1.82) is 0 Å². The number of rotatable bonds is 3. The summed E-state index contributed by atoms with van der Waals surface area (Å²) in [5.74, 6) is 0. The molecule has 2 rings (SSSR count). The molecular formula is C12H20ClN3O2S. The van der Waals surface area contributed by atoms with Crippen molar-refractivity contribution >= 4 is 22.4 Å². The van der Waals surface area contributed by atoms with E-state index in [9.17, 15) is 8.42 Å². The molecule has 0 aliphatic carbocycles. The summed E-state index contributed by atoms with van der Waals surface area (Å²) in [4.78, 5) is 4.30. The quantitative estimate of drug-likeness (QED) is 0.909. The lowest BCUT2D eigenvalue weighted by atomic mass is 9.90. The van der Waals surface area contributed by atoms with Gasteiger partial charge in [0.05, 0.1) is 0 Å². The number of nitrogens with two attached hydrogens (primary N) is 1. The topological polar surface area (TPSA) is 76.3 Å². The summed E-state index contributed by atoms with van der Waals surface area (Å²) < 4.78 is 26.3. The molecule has 19 heavy (non-hydrogen) atoms. The van der Waals surface area contributed by atoms with Gasteiger partial charge in [-0.25, -0.2) is 8.42 Å². The van der Waals surface area contributed by atoms with Crippen molar-refractivity contribution < 1.29 is 8.42 Å². The number of hydrogen-bond donors (Lipinski definition) is 1. The van der Waals surface area contributed by atoms with E-state index in [1.165, 1.54) is 10.5 Å². The summed E-state index contributed by atoms with van der Waals surface area (Å²) in [5.41, 5.74) is 6.40. The highest BCUT2D eigenvalue weighted by Gasteiger charge is 2.38. The molecule has 5 nitrogen and oxygen atoms in total. The monoisotopic (exact) mass is 305 g/mol. The van der Waals surface area contributed by atoms with E-state index in [1.54, 1.807) is 12.1 Å². The van der Waals surface area contributed by atoms with Crippen LogP contribution in [0.3, 0.4) is 0 Å². The molecule has 1 aliphatic heterocycles. The van der Waals surface area contributed by atoms with Gasteiger partial charge in [-0.2, -0.15) is 4.31 Å². The summed E-state index contributed by atoms with van der Waals surface area (Å²) in [5, 5.41) is 0. The van der Waals surface area contributed by atoms with Crippen molar-refractivity contribution in [2.45, 2.75) is 25.2 Å². The molecule has 2 N–H and O–H groups in total. The maximum absolute atomic E-state index is 12.4. The van der Waals surface area contributed by atoms with Crippen LogP contribution in [0.4, 0.5) is 0 Å². The second kappa shape index (κ2) is 5.75. The molecule has 0 radical (unpaired) electrons. The van der Waals surface area contributed by atoms with Crippen molar-refractivity contribution in [3.8, 4) is 0 Å². The SMILES string of the molecule is Cc1ccc(S(=O)(=O)N2CCC(C)(CN)C2)cn1.Cl. The predicted octanol–water partition coefficient (Wildman–Crippen LogP) is 1.17. The number of hydrogen-bond acceptors (Lipinski definition) is 4. The summed E-state index contributed by atoms with van der Waals surface area (Å²) >= 11 is 0. The molecule has 0 bridgehead atoms. The van der Waals surface area contributed by atoms with E-state index in [0.717, 1.165) is 12.1 Å². The van der Waals surface area contributed by atoms with Gasteiger partial charge in [-0.1, -0.05) is 6.92 Å². The van der Waals surface area contributed by atoms with Crippen LogP contribution in [0.15, 0.2) is 23.2 Å². The number of pyridine rings is 1. The van der Waals surface area contributed by atoms with Crippen molar-refractivity contribution in [3.63, 3.8) is 0 Å². The average molecular weight is 306 g/mol. The maximum atomic E-state index is 12.4. The zero-order chi connectivity index (χ0) is 13.4. The Kier molecular flexibility index (Phi) is 4.95. The van der Waals surface area contributed by atoms with Crippen LogP contribution < -0.4 is 5.73 Å². The van der Waals surface area contributed by atoms with Crippen molar-refractivity contribution in [1.82, 2.24) is 9.29 Å². The highest BCUT2D eigenvalue weighted by molar-refractivity contribution is 7.89. The first-order valence-corrected chi connectivity index (χ1v) is 7.44.